The average molecular weight is 338 g/mol. The zero-order valence-electron chi connectivity index (χ0n) is 12.5. The van der Waals surface area contributed by atoms with Crippen molar-refractivity contribution in [2.75, 3.05) is 7.11 Å². The summed E-state index contributed by atoms with van der Waals surface area (Å²) in [4.78, 5) is 0. The summed E-state index contributed by atoms with van der Waals surface area (Å²) in [5.41, 5.74) is 7.45. The number of methoxy groups -OCH3 is 1. The molecule has 1 aromatic rings. The number of allylic oxidation sites excluding steroid dienone is 1. The number of nitrogens with two attached hydrogens (primary N) is 1. The number of halogens is 3. The van der Waals surface area contributed by atoms with Gasteiger partial charge in [-0.25, -0.2) is 0 Å². The van der Waals surface area contributed by atoms with E-state index in [4.69, 9.17) is 15.2 Å². The van der Waals surface area contributed by atoms with E-state index in [2.05, 4.69) is 10.5 Å². The second-order valence-corrected chi connectivity index (χ2v) is 5.33. The number of alkyl halides is 3. The van der Waals surface area contributed by atoms with Crippen LogP contribution >= 0.6 is 0 Å². The lowest BCUT2D eigenvalue weighted by Gasteiger charge is -2.34. The molecule has 6 nitrogen and oxygen atoms in total. The number of benzene rings is 1. The van der Waals surface area contributed by atoms with Crippen molar-refractivity contribution < 1.29 is 22.6 Å². The van der Waals surface area contributed by atoms with Crippen LogP contribution in [0, 0.1) is 17.2 Å². The number of fused-ring (bicyclic) bond motifs is 1. The van der Waals surface area contributed by atoms with Gasteiger partial charge in [0.15, 0.2) is 11.9 Å². The number of hydrogen-bond acceptors (Lipinski definition) is 6. The summed E-state index contributed by atoms with van der Waals surface area (Å²) in [5, 5.41) is 12.7. The van der Waals surface area contributed by atoms with Crippen molar-refractivity contribution in [3.63, 3.8) is 0 Å². The summed E-state index contributed by atoms with van der Waals surface area (Å²) in [7, 11) is 1.48. The third-order valence-electron chi connectivity index (χ3n) is 4.03. The summed E-state index contributed by atoms with van der Waals surface area (Å²) in [6.45, 7) is 0. The van der Waals surface area contributed by atoms with Crippen LogP contribution < -0.4 is 15.9 Å². The molecule has 0 bridgehead atoms. The molecule has 0 radical (unpaired) electrons. The normalized spacial score (nSPS) is 26.0. The largest absolute Gasteiger partial charge is 0.497 e. The van der Waals surface area contributed by atoms with Crippen molar-refractivity contribution in [3.8, 4) is 11.8 Å². The smallest absolute Gasteiger partial charge is 0.431 e. The Balaban J connectivity index is 2.10. The van der Waals surface area contributed by atoms with E-state index in [1.165, 1.54) is 7.11 Å². The van der Waals surface area contributed by atoms with Crippen LogP contribution in [0.1, 0.15) is 11.5 Å². The Kier molecular flexibility index (Phi) is 3.75. The second-order valence-electron chi connectivity index (χ2n) is 5.33. The number of rotatable bonds is 2. The highest BCUT2D eigenvalue weighted by molar-refractivity contribution is 5.94. The maximum absolute atomic E-state index is 13.3. The van der Waals surface area contributed by atoms with Crippen molar-refractivity contribution in [1.29, 1.82) is 5.26 Å². The van der Waals surface area contributed by atoms with Gasteiger partial charge in [-0.2, -0.15) is 23.5 Å². The van der Waals surface area contributed by atoms with E-state index >= 15 is 0 Å². The van der Waals surface area contributed by atoms with Crippen LogP contribution in [0.15, 0.2) is 40.8 Å². The summed E-state index contributed by atoms with van der Waals surface area (Å²) in [6, 6.07) is 8.28. The Morgan fingerprint density at radius 3 is 2.54 bits per heavy atom. The van der Waals surface area contributed by atoms with Gasteiger partial charge in [-0.05, 0) is 17.7 Å². The van der Waals surface area contributed by atoms with Gasteiger partial charge in [-0.3, -0.25) is 5.43 Å². The van der Waals surface area contributed by atoms with E-state index in [1.54, 1.807) is 24.3 Å². The number of nitriles is 1. The molecule has 2 aliphatic rings. The molecule has 0 saturated carbocycles. The lowest BCUT2D eigenvalue weighted by atomic mass is 9.76. The highest BCUT2D eigenvalue weighted by atomic mass is 19.4. The maximum Gasteiger partial charge on any atom is 0.431 e. The molecule has 9 heteroatoms. The zero-order valence-corrected chi connectivity index (χ0v) is 12.5. The summed E-state index contributed by atoms with van der Waals surface area (Å²) < 4.78 is 50.1. The fourth-order valence-corrected chi connectivity index (χ4v) is 2.96. The molecule has 0 saturated heterocycles. The Labute approximate surface area is 135 Å². The number of nitrogens with one attached hydrogen (secondary N) is 1. The topological polar surface area (TPSA) is 92.7 Å². The van der Waals surface area contributed by atoms with E-state index in [0.717, 1.165) is 0 Å². The molecule has 24 heavy (non-hydrogen) atoms. The van der Waals surface area contributed by atoms with Gasteiger partial charge >= 0.3 is 6.18 Å². The summed E-state index contributed by atoms with van der Waals surface area (Å²) in [5.74, 6) is -1.78. The van der Waals surface area contributed by atoms with Gasteiger partial charge in [-0.1, -0.05) is 12.1 Å². The monoisotopic (exact) mass is 338 g/mol. The first-order valence-electron chi connectivity index (χ1n) is 6.97. The molecule has 0 aliphatic carbocycles. The van der Waals surface area contributed by atoms with Crippen LogP contribution in [0.3, 0.4) is 0 Å². The Bertz CT molecular complexity index is 749. The number of ether oxygens (including phenoxy) is 2. The van der Waals surface area contributed by atoms with Gasteiger partial charge in [0.2, 0.25) is 5.88 Å². The SMILES string of the molecule is COc1ccc([C@H]2C(C#N)=C(N)O[C@@H]3NN=C(C(F)(F)F)[C@@H]23)cc1. The van der Waals surface area contributed by atoms with Gasteiger partial charge < -0.3 is 15.2 Å². The molecule has 2 heterocycles. The molecule has 0 fully saturated rings. The predicted molar refractivity (Wildman–Crippen MR) is 77.6 cm³/mol. The Morgan fingerprint density at radius 1 is 1.33 bits per heavy atom. The van der Waals surface area contributed by atoms with Crippen molar-refractivity contribution in [2.45, 2.75) is 18.3 Å². The number of hydrazone groups is 1. The number of hydrogen-bond donors (Lipinski definition) is 2. The molecular formula is C15H13F3N4O2. The summed E-state index contributed by atoms with van der Waals surface area (Å²) in [6.07, 6.45) is -5.72. The molecule has 3 atom stereocenters. The number of nitrogens with zero attached hydrogens (tertiary/aromatic N) is 2. The first kappa shape index (κ1) is 16.0. The highest BCUT2D eigenvalue weighted by Crippen LogP contribution is 2.45. The molecular weight excluding hydrogens is 325 g/mol. The molecule has 1 aromatic carbocycles. The van der Waals surface area contributed by atoms with Gasteiger partial charge in [0, 0.05) is 5.92 Å². The zero-order chi connectivity index (χ0) is 17.5. The predicted octanol–water partition coefficient (Wildman–Crippen LogP) is 1.97. The molecule has 0 aromatic heterocycles. The summed E-state index contributed by atoms with van der Waals surface area (Å²) >= 11 is 0. The minimum atomic E-state index is -4.65. The van der Waals surface area contributed by atoms with E-state index < -0.39 is 30.0 Å². The van der Waals surface area contributed by atoms with Crippen molar-refractivity contribution >= 4 is 5.71 Å². The fourth-order valence-electron chi connectivity index (χ4n) is 2.96. The average Bonchev–Trinajstić information content (AvgIpc) is 2.97. The standard InChI is InChI=1S/C15H13F3N4O2/c1-23-8-4-2-7(3-5-8)10-9(6-19)13(20)24-14-11(10)12(21-22-14)15(16,17)18/h2-5,10-11,14,22H,20H2,1H3/t10-,11+,14-/m0/s1. The van der Waals surface area contributed by atoms with Gasteiger partial charge in [0.25, 0.3) is 0 Å². The minimum Gasteiger partial charge on any atom is -0.497 e. The first-order valence-corrected chi connectivity index (χ1v) is 6.97. The minimum absolute atomic E-state index is 0.0536. The van der Waals surface area contributed by atoms with Crippen LogP contribution in [0.25, 0.3) is 0 Å². The van der Waals surface area contributed by atoms with Crippen LogP contribution in [0.5, 0.6) is 5.75 Å². The van der Waals surface area contributed by atoms with Crippen molar-refractivity contribution in [3.05, 3.63) is 41.3 Å². The van der Waals surface area contributed by atoms with Crippen LogP contribution in [0.4, 0.5) is 13.2 Å². The Hall–Kier alpha value is -2.89. The van der Waals surface area contributed by atoms with Crippen LogP contribution in [-0.2, 0) is 4.74 Å². The molecule has 0 unspecified atom stereocenters. The van der Waals surface area contributed by atoms with Crippen LogP contribution in [-0.4, -0.2) is 25.2 Å². The van der Waals surface area contributed by atoms with Gasteiger partial charge in [0.05, 0.1) is 18.6 Å². The molecule has 3 N–H and O–H groups in total. The lowest BCUT2D eigenvalue weighted by molar-refractivity contribution is -0.0661. The van der Waals surface area contributed by atoms with E-state index in [9.17, 15) is 18.4 Å². The van der Waals surface area contributed by atoms with Crippen molar-refractivity contribution in [2.24, 2.45) is 16.8 Å². The second kappa shape index (κ2) is 5.63. The third-order valence-corrected chi connectivity index (χ3v) is 4.03. The lowest BCUT2D eigenvalue weighted by Crippen LogP contribution is -2.45. The molecule has 3 rings (SSSR count). The molecule has 2 aliphatic heterocycles. The highest BCUT2D eigenvalue weighted by Gasteiger charge is 2.55. The molecule has 0 spiro atoms. The molecule has 0 amide bonds. The van der Waals surface area contributed by atoms with E-state index in [-0.39, 0.29) is 11.5 Å². The Morgan fingerprint density at radius 2 is 2.00 bits per heavy atom. The van der Waals surface area contributed by atoms with E-state index in [1.807, 2.05) is 6.07 Å². The van der Waals surface area contributed by atoms with Crippen molar-refractivity contribution in [1.82, 2.24) is 5.43 Å². The van der Waals surface area contributed by atoms with Gasteiger partial charge in [0.1, 0.15) is 11.8 Å². The van der Waals surface area contributed by atoms with Crippen LogP contribution in [0.2, 0.25) is 0 Å². The molecule has 126 valence electrons. The third kappa shape index (κ3) is 2.50. The fraction of sp³-hybridized carbons (Fsp3) is 0.333. The quantitative estimate of drug-likeness (QED) is 0.860. The maximum atomic E-state index is 13.3. The van der Waals surface area contributed by atoms with E-state index in [0.29, 0.717) is 11.3 Å². The van der Waals surface area contributed by atoms with Gasteiger partial charge in [-0.15, -0.1) is 0 Å². The first-order chi connectivity index (χ1) is 11.4.